The van der Waals surface area contributed by atoms with Crippen molar-refractivity contribution in [2.45, 2.75) is 43.7 Å². The summed E-state index contributed by atoms with van der Waals surface area (Å²) in [7, 11) is 1.51. The molecule has 4 N–H and O–H groups in total. The van der Waals surface area contributed by atoms with Gasteiger partial charge in [-0.1, -0.05) is 18.9 Å². The summed E-state index contributed by atoms with van der Waals surface area (Å²) in [6, 6.07) is 5.14. The number of nitrogens with zero attached hydrogens (tertiary/aromatic N) is 1. The number of phenolic OH excluding ortho intramolecular Hbond substituents is 1. The Balaban J connectivity index is 2.00. The van der Waals surface area contributed by atoms with Crippen molar-refractivity contribution < 1.29 is 19.7 Å². The third-order valence-corrected chi connectivity index (χ3v) is 5.58. The number of aromatic hydroxyl groups is 1. The van der Waals surface area contributed by atoms with Crippen LogP contribution in [-0.4, -0.2) is 46.8 Å². The number of piperidine rings is 1. The van der Waals surface area contributed by atoms with E-state index in [0.29, 0.717) is 18.7 Å². The minimum atomic E-state index is -0.692. The van der Waals surface area contributed by atoms with E-state index in [1.165, 1.54) is 7.11 Å². The van der Waals surface area contributed by atoms with Crippen LogP contribution in [0.15, 0.2) is 18.2 Å². The first kappa shape index (κ1) is 17.0. The number of phenols is 1. The van der Waals surface area contributed by atoms with E-state index in [1.807, 2.05) is 6.07 Å². The van der Waals surface area contributed by atoms with Gasteiger partial charge in [0, 0.05) is 18.5 Å². The van der Waals surface area contributed by atoms with Gasteiger partial charge >= 0.3 is 0 Å². The van der Waals surface area contributed by atoms with E-state index in [-0.39, 0.29) is 30.2 Å². The topological polar surface area (TPSA) is 96.0 Å². The van der Waals surface area contributed by atoms with Gasteiger partial charge in [0.15, 0.2) is 11.5 Å². The van der Waals surface area contributed by atoms with Crippen molar-refractivity contribution in [2.75, 3.05) is 20.2 Å². The first-order valence-electron chi connectivity index (χ1n) is 8.56. The molecule has 1 saturated carbocycles. The molecule has 1 heterocycles. The summed E-state index contributed by atoms with van der Waals surface area (Å²) in [5.41, 5.74) is 5.69. The highest BCUT2D eigenvalue weighted by molar-refractivity contribution is 5.76. The van der Waals surface area contributed by atoms with Gasteiger partial charge in [0.1, 0.15) is 0 Å². The molecule has 0 aromatic heterocycles. The fourth-order valence-corrected chi connectivity index (χ4v) is 4.44. The van der Waals surface area contributed by atoms with Gasteiger partial charge in [-0.25, -0.2) is 0 Å². The minimum absolute atomic E-state index is 0.0496. The smallest absolute Gasteiger partial charge is 0.231 e. The largest absolute Gasteiger partial charge is 0.504 e. The number of hydrogen-bond acceptors (Lipinski definition) is 5. The van der Waals surface area contributed by atoms with E-state index in [2.05, 4.69) is 4.90 Å². The van der Waals surface area contributed by atoms with E-state index < -0.39 is 5.60 Å². The van der Waals surface area contributed by atoms with Crippen LogP contribution < -0.4 is 10.5 Å². The number of methoxy groups -OCH3 is 1. The van der Waals surface area contributed by atoms with Gasteiger partial charge in [-0.15, -0.1) is 0 Å². The molecule has 1 amide bonds. The fraction of sp³-hybridized carbons (Fsp3) is 0.611. The highest BCUT2D eigenvalue weighted by atomic mass is 16.5. The fourth-order valence-electron chi connectivity index (χ4n) is 4.44. The molecule has 1 saturated heterocycles. The van der Waals surface area contributed by atoms with Crippen LogP contribution in [0.2, 0.25) is 0 Å². The van der Waals surface area contributed by atoms with Gasteiger partial charge in [-0.3, -0.25) is 9.69 Å². The molecule has 2 fully saturated rings. The zero-order valence-electron chi connectivity index (χ0n) is 14.1. The Labute approximate surface area is 142 Å². The number of carbonyl (C=O) groups is 1. The molecular weight excluding hydrogens is 308 g/mol. The molecule has 0 unspecified atom stereocenters. The summed E-state index contributed by atoms with van der Waals surface area (Å²) in [5, 5.41) is 21.0. The van der Waals surface area contributed by atoms with Gasteiger partial charge in [-0.2, -0.15) is 0 Å². The van der Waals surface area contributed by atoms with Gasteiger partial charge in [0.2, 0.25) is 5.91 Å². The lowest BCUT2D eigenvalue weighted by molar-refractivity contribution is -0.136. The molecule has 24 heavy (non-hydrogen) atoms. The first-order valence-corrected chi connectivity index (χ1v) is 8.56. The summed E-state index contributed by atoms with van der Waals surface area (Å²) >= 11 is 0. The molecule has 132 valence electrons. The Morgan fingerprint density at radius 2 is 2.21 bits per heavy atom. The van der Waals surface area contributed by atoms with Gasteiger partial charge in [0.05, 0.1) is 19.3 Å². The number of hydrogen-bond donors (Lipinski definition) is 3. The van der Waals surface area contributed by atoms with Crippen LogP contribution in [0.1, 0.15) is 43.7 Å². The molecule has 2 aliphatic rings. The molecule has 1 aromatic carbocycles. The second kappa shape index (κ2) is 6.61. The predicted octanol–water partition coefficient (Wildman–Crippen LogP) is 1.55. The van der Waals surface area contributed by atoms with E-state index in [9.17, 15) is 15.0 Å². The lowest BCUT2D eigenvalue weighted by Gasteiger charge is -2.52. The standard InChI is InChI=1S/C18H26N2O4/c1-24-15-10-12(5-6-14(15)21)17-13-4-2-3-7-18(13,23)8-9-20(17)11-16(19)22/h5-6,10,13,17,21,23H,2-4,7-9,11H2,1H3,(H2,19,22)/t13-,17-,18-/m0/s1. The van der Waals surface area contributed by atoms with Crippen LogP contribution in [0.25, 0.3) is 0 Å². The second-order valence-corrected chi connectivity index (χ2v) is 7.02. The molecule has 3 atom stereocenters. The number of ether oxygens (including phenoxy) is 1. The van der Waals surface area contributed by atoms with Crippen LogP contribution in [0.5, 0.6) is 11.5 Å². The van der Waals surface area contributed by atoms with Gasteiger partial charge < -0.3 is 20.7 Å². The van der Waals surface area contributed by atoms with Crippen molar-refractivity contribution in [1.82, 2.24) is 4.90 Å². The highest BCUT2D eigenvalue weighted by Gasteiger charge is 2.49. The summed E-state index contributed by atoms with van der Waals surface area (Å²) in [5.74, 6) is 0.162. The number of amides is 1. The number of nitrogens with two attached hydrogens (primary N) is 1. The SMILES string of the molecule is COc1cc([C@H]2[C@@H]3CCCC[C@]3(O)CCN2CC(N)=O)ccc1O. The Morgan fingerprint density at radius 1 is 1.42 bits per heavy atom. The third kappa shape index (κ3) is 3.08. The Morgan fingerprint density at radius 3 is 2.92 bits per heavy atom. The highest BCUT2D eigenvalue weighted by Crippen LogP contribution is 2.49. The summed E-state index contributed by atoms with van der Waals surface area (Å²) in [6.45, 7) is 0.796. The van der Waals surface area contributed by atoms with Crippen LogP contribution in [0.3, 0.4) is 0 Å². The van der Waals surface area contributed by atoms with E-state index in [1.54, 1.807) is 12.1 Å². The first-order chi connectivity index (χ1) is 11.4. The average Bonchev–Trinajstić information content (AvgIpc) is 2.55. The zero-order chi connectivity index (χ0) is 17.3. The maximum Gasteiger partial charge on any atom is 0.231 e. The van der Waals surface area contributed by atoms with Crippen LogP contribution in [0, 0.1) is 5.92 Å². The number of likely N-dealkylation sites (tertiary alicyclic amines) is 1. The number of aliphatic hydroxyl groups is 1. The number of fused-ring (bicyclic) bond motifs is 1. The van der Waals surface area contributed by atoms with Crippen molar-refractivity contribution in [3.05, 3.63) is 23.8 Å². The summed E-state index contributed by atoms with van der Waals surface area (Å²) < 4.78 is 5.23. The molecule has 0 radical (unpaired) electrons. The number of primary amides is 1. The lowest BCUT2D eigenvalue weighted by atomic mass is 9.66. The molecule has 0 spiro atoms. The molecule has 1 aliphatic carbocycles. The zero-order valence-corrected chi connectivity index (χ0v) is 14.1. The normalized spacial score (nSPS) is 30.6. The quantitative estimate of drug-likeness (QED) is 0.776. The molecule has 1 aliphatic heterocycles. The Hall–Kier alpha value is -1.79. The number of benzene rings is 1. The van der Waals surface area contributed by atoms with Crippen LogP contribution in [0.4, 0.5) is 0 Å². The number of carbonyl (C=O) groups excluding carboxylic acids is 1. The monoisotopic (exact) mass is 334 g/mol. The Bertz CT molecular complexity index is 621. The molecule has 0 bridgehead atoms. The van der Waals surface area contributed by atoms with Crippen molar-refractivity contribution in [1.29, 1.82) is 0 Å². The Kier molecular flexibility index (Phi) is 4.69. The van der Waals surface area contributed by atoms with E-state index in [4.69, 9.17) is 10.5 Å². The van der Waals surface area contributed by atoms with Gasteiger partial charge in [0.25, 0.3) is 0 Å². The van der Waals surface area contributed by atoms with Crippen LogP contribution >= 0.6 is 0 Å². The van der Waals surface area contributed by atoms with Crippen molar-refractivity contribution in [2.24, 2.45) is 11.7 Å². The van der Waals surface area contributed by atoms with Crippen molar-refractivity contribution in [3.8, 4) is 11.5 Å². The molecule has 6 nitrogen and oxygen atoms in total. The maximum absolute atomic E-state index is 11.5. The van der Waals surface area contributed by atoms with E-state index in [0.717, 1.165) is 31.2 Å². The summed E-state index contributed by atoms with van der Waals surface area (Å²) in [6.07, 6.45) is 4.49. The molecule has 3 rings (SSSR count). The van der Waals surface area contributed by atoms with E-state index >= 15 is 0 Å². The predicted molar refractivity (Wildman–Crippen MR) is 89.7 cm³/mol. The third-order valence-electron chi connectivity index (χ3n) is 5.58. The molecular formula is C18H26N2O4. The average molecular weight is 334 g/mol. The number of rotatable bonds is 4. The van der Waals surface area contributed by atoms with Crippen molar-refractivity contribution in [3.63, 3.8) is 0 Å². The maximum atomic E-state index is 11.5. The molecule has 1 aromatic rings. The second-order valence-electron chi connectivity index (χ2n) is 7.02. The lowest BCUT2D eigenvalue weighted by Crippen LogP contribution is -2.56. The summed E-state index contributed by atoms with van der Waals surface area (Å²) in [4.78, 5) is 13.6. The molecule has 6 heteroatoms. The van der Waals surface area contributed by atoms with Crippen molar-refractivity contribution >= 4 is 5.91 Å². The minimum Gasteiger partial charge on any atom is -0.504 e. The van der Waals surface area contributed by atoms with Crippen LogP contribution in [-0.2, 0) is 4.79 Å². The van der Waals surface area contributed by atoms with Gasteiger partial charge in [-0.05, 0) is 37.0 Å².